The van der Waals surface area contributed by atoms with Gasteiger partial charge in [-0.1, -0.05) is 25.1 Å². The molecule has 134 valence electrons. The van der Waals surface area contributed by atoms with Gasteiger partial charge in [-0.2, -0.15) is 0 Å². The number of hydrogen-bond donors (Lipinski definition) is 2. The average molecular weight is 347 g/mol. The van der Waals surface area contributed by atoms with Gasteiger partial charge in [-0.25, -0.2) is 4.79 Å². The molecule has 1 aliphatic heterocycles. The number of anilines is 1. The molecule has 1 aliphatic rings. The number of urea groups is 1. The molecule has 0 unspecified atom stereocenters. The summed E-state index contributed by atoms with van der Waals surface area (Å²) in [6.45, 7) is 1.64. The summed E-state index contributed by atoms with van der Waals surface area (Å²) in [6, 6.07) is 6.86. The third-order valence-corrected chi connectivity index (χ3v) is 3.95. The van der Waals surface area contributed by atoms with Crippen LogP contribution in [0.5, 0.6) is 0 Å². The predicted molar refractivity (Wildman–Crippen MR) is 89.8 cm³/mol. The van der Waals surface area contributed by atoms with Crippen molar-refractivity contribution in [1.82, 2.24) is 10.6 Å². The molecule has 1 saturated heterocycles. The van der Waals surface area contributed by atoms with E-state index in [1.165, 1.54) is 7.05 Å². The molecule has 1 atom stereocenters. The van der Waals surface area contributed by atoms with Crippen LogP contribution in [0.1, 0.15) is 18.9 Å². The van der Waals surface area contributed by atoms with Crippen LogP contribution in [-0.2, 0) is 25.5 Å². The van der Waals surface area contributed by atoms with Gasteiger partial charge >= 0.3 is 12.0 Å². The van der Waals surface area contributed by atoms with E-state index in [1.807, 2.05) is 36.5 Å². The van der Waals surface area contributed by atoms with E-state index in [0.717, 1.165) is 17.7 Å². The fourth-order valence-corrected chi connectivity index (χ4v) is 2.65. The molecule has 1 aromatic carbocycles. The van der Waals surface area contributed by atoms with Gasteiger partial charge in [0.15, 0.2) is 6.61 Å². The van der Waals surface area contributed by atoms with Crippen molar-refractivity contribution in [1.29, 1.82) is 0 Å². The number of benzene rings is 1. The number of rotatable bonds is 5. The average Bonchev–Trinajstić information content (AvgIpc) is 3.01. The Labute approximate surface area is 145 Å². The number of carbonyl (C=O) groups excluding carboxylic acids is 4. The molecule has 8 nitrogen and oxygen atoms in total. The second-order valence-corrected chi connectivity index (χ2v) is 5.62. The topological polar surface area (TPSA) is 105 Å². The quantitative estimate of drug-likeness (QED) is 0.759. The van der Waals surface area contributed by atoms with Crippen LogP contribution in [0.15, 0.2) is 24.3 Å². The Kier molecular flexibility index (Phi) is 6.10. The van der Waals surface area contributed by atoms with Crippen molar-refractivity contribution in [3.05, 3.63) is 29.8 Å². The van der Waals surface area contributed by atoms with Gasteiger partial charge in [0.05, 0.1) is 5.92 Å². The first-order valence-electron chi connectivity index (χ1n) is 8.02. The molecule has 2 N–H and O–H groups in total. The van der Waals surface area contributed by atoms with E-state index in [4.69, 9.17) is 4.74 Å². The Morgan fingerprint density at radius 2 is 2.00 bits per heavy atom. The lowest BCUT2D eigenvalue weighted by Gasteiger charge is -2.19. The molecule has 0 aliphatic carbocycles. The SMILES string of the molecule is CCc1ccccc1N1C[C@@H](C(=O)OCC(=O)NC(=O)NC)CC1=O. The van der Waals surface area contributed by atoms with Crippen molar-refractivity contribution >= 4 is 29.5 Å². The van der Waals surface area contributed by atoms with E-state index in [9.17, 15) is 19.2 Å². The Morgan fingerprint density at radius 1 is 1.28 bits per heavy atom. The highest BCUT2D eigenvalue weighted by molar-refractivity contribution is 6.00. The fraction of sp³-hybridized carbons (Fsp3) is 0.412. The van der Waals surface area contributed by atoms with Crippen LogP contribution in [-0.4, -0.2) is 44.0 Å². The summed E-state index contributed by atoms with van der Waals surface area (Å²) >= 11 is 0. The van der Waals surface area contributed by atoms with Gasteiger partial charge in [0, 0.05) is 25.7 Å². The van der Waals surface area contributed by atoms with E-state index in [1.54, 1.807) is 4.90 Å². The molecule has 25 heavy (non-hydrogen) atoms. The molecule has 2 rings (SSSR count). The third kappa shape index (κ3) is 4.56. The number of amides is 4. The monoisotopic (exact) mass is 347 g/mol. The van der Waals surface area contributed by atoms with Crippen LogP contribution >= 0.6 is 0 Å². The van der Waals surface area contributed by atoms with Crippen molar-refractivity contribution in [2.45, 2.75) is 19.8 Å². The molecule has 0 radical (unpaired) electrons. The summed E-state index contributed by atoms with van der Waals surface area (Å²) in [5.74, 6) is -2.15. The second-order valence-electron chi connectivity index (χ2n) is 5.62. The molecular weight excluding hydrogens is 326 g/mol. The lowest BCUT2D eigenvalue weighted by molar-refractivity contribution is -0.152. The van der Waals surface area contributed by atoms with Gasteiger partial charge in [0.1, 0.15) is 0 Å². The maximum Gasteiger partial charge on any atom is 0.321 e. The lowest BCUT2D eigenvalue weighted by atomic mass is 10.1. The molecule has 8 heteroatoms. The van der Waals surface area contributed by atoms with Gasteiger partial charge in [-0.05, 0) is 18.1 Å². The molecule has 0 saturated carbocycles. The van der Waals surface area contributed by atoms with Crippen molar-refractivity contribution in [2.24, 2.45) is 5.92 Å². The number of carbonyl (C=O) groups is 4. The summed E-state index contributed by atoms with van der Waals surface area (Å²) in [6.07, 6.45) is 0.808. The molecule has 0 bridgehead atoms. The number of esters is 1. The zero-order chi connectivity index (χ0) is 18.4. The minimum absolute atomic E-state index is 0.0357. The van der Waals surface area contributed by atoms with Crippen molar-refractivity contribution in [3.8, 4) is 0 Å². The molecule has 1 heterocycles. The van der Waals surface area contributed by atoms with Crippen LogP contribution in [0, 0.1) is 5.92 Å². The normalized spacial score (nSPS) is 16.5. The number of hydrogen-bond acceptors (Lipinski definition) is 5. The predicted octanol–water partition coefficient (Wildman–Crippen LogP) is 0.601. The smallest absolute Gasteiger partial charge is 0.321 e. The lowest BCUT2D eigenvalue weighted by Crippen LogP contribution is -2.40. The van der Waals surface area contributed by atoms with Gasteiger partial charge in [0.25, 0.3) is 5.91 Å². The van der Waals surface area contributed by atoms with E-state index in [2.05, 4.69) is 5.32 Å². The number of ether oxygens (including phenoxy) is 1. The second kappa shape index (κ2) is 8.27. The number of nitrogens with zero attached hydrogens (tertiary/aromatic N) is 1. The maximum absolute atomic E-state index is 12.3. The van der Waals surface area contributed by atoms with Crippen LogP contribution in [0.3, 0.4) is 0 Å². The van der Waals surface area contributed by atoms with Crippen LogP contribution in [0.4, 0.5) is 10.5 Å². The number of para-hydroxylation sites is 1. The van der Waals surface area contributed by atoms with Gasteiger partial charge in [-0.3, -0.25) is 19.7 Å². The first-order chi connectivity index (χ1) is 12.0. The van der Waals surface area contributed by atoms with Gasteiger partial charge in [-0.15, -0.1) is 0 Å². The van der Waals surface area contributed by atoms with Gasteiger partial charge < -0.3 is 15.0 Å². The first kappa shape index (κ1) is 18.4. The highest BCUT2D eigenvalue weighted by Crippen LogP contribution is 2.28. The Morgan fingerprint density at radius 3 is 2.68 bits per heavy atom. The summed E-state index contributed by atoms with van der Waals surface area (Å²) in [7, 11) is 1.36. The third-order valence-electron chi connectivity index (χ3n) is 3.95. The summed E-state index contributed by atoms with van der Waals surface area (Å²) in [5, 5.41) is 4.21. The fourth-order valence-electron chi connectivity index (χ4n) is 2.65. The molecule has 0 spiro atoms. The number of nitrogens with one attached hydrogen (secondary N) is 2. The standard InChI is InChI=1S/C17H21N3O5/c1-3-11-6-4-5-7-13(11)20-9-12(8-15(20)22)16(23)25-10-14(21)19-17(24)18-2/h4-7,12H,3,8-10H2,1-2H3,(H2,18,19,21,24)/t12-/m0/s1. The van der Waals surface area contributed by atoms with Gasteiger partial charge in [0.2, 0.25) is 5.91 Å². The maximum atomic E-state index is 12.3. The van der Waals surface area contributed by atoms with E-state index >= 15 is 0 Å². The molecule has 1 aromatic rings. The molecule has 1 fully saturated rings. The van der Waals surface area contributed by atoms with E-state index < -0.39 is 30.4 Å². The summed E-state index contributed by atoms with van der Waals surface area (Å²) < 4.78 is 4.91. The van der Waals surface area contributed by atoms with Crippen molar-refractivity contribution in [3.63, 3.8) is 0 Å². The largest absolute Gasteiger partial charge is 0.455 e. The minimum atomic E-state index is -0.731. The van der Waals surface area contributed by atoms with Crippen LogP contribution in [0.2, 0.25) is 0 Å². The molecule has 4 amide bonds. The van der Waals surface area contributed by atoms with Crippen molar-refractivity contribution < 1.29 is 23.9 Å². The number of imide groups is 1. The molecule has 0 aromatic heterocycles. The van der Waals surface area contributed by atoms with E-state index in [-0.39, 0.29) is 18.9 Å². The first-order valence-corrected chi connectivity index (χ1v) is 8.02. The summed E-state index contributed by atoms with van der Waals surface area (Å²) in [4.78, 5) is 48.4. The van der Waals surface area contributed by atoms with E-state index in [0.29, 0.717) is 0 Å². The van der Waals surface area contributed by atoms with Crippen LogP contribution in [0.25, 0.3) is 0 Å². The zero-order valence-corrected chi connectivity index (χ0v) is 14.2. The Balaban J connectivity index is 1.94. The van der Waals surface area contributed by atoms with Crippen molar-refractivity contribution in [2.75, 3.05) is 25.1 Å². The Bertz CT molecular complexity index is 689. The van der Waals surface area contributed by atoms with Crippen LogP contribution < -0.4 is 15.5 Å². The summed E-state index contributed by atoms with van der Waals surface area (Å²) in [5.41, 5.74) is 1.82. The minimum Gasteiger partial charge on any atom is -0.455 e. The highest BCUT2D eigenvalue weighted by atomic mass is 16.5. The highest BCUT2D eigenvalue weighted by Gasteiger charge is 2.37. The molecular formula is C17H21N3O5. The number of aryl methyl sites for hydroxylation is 1. The zero-order valence-electron chi connectivity index (χ0n) is 14.2. The Hall–Kier alpha value is -2.90.